The van der Waals surface area contributed by atoms with Crippen LogP contribution in [0, 0.1) is 0 Å². The van der Waals surface area contributed by atoms with E-state index in [1.165, 1.54) is 89.9 Å². The fourth-order valence-electron chi connectivity index (χ4n) is 7.18. The Balaban J connectivity index is -0.0000151. The molecule has 0 saturated heterocycles. The van der Waals surface area contributed by atoms with Crippen molar-refractivity contribution in [3.05, 3.63) is 0 Å². The molecule has 0 heterocycles. The molecule has 0 saturated carbocycles. The summed E-state index contributed by atoms with van der Waals surface area (Å²) in [5.41, 5.74) is 0. The fraction of sp³-hybridized carbons (Fsp3) is 0.891. The summed E-state index contributed by atoms with van der Waals surface area (Å²) in [5.74, 6) is -3.82. The van der Waals surface area contributed by atoms with Crippen LogP contribution in [0.2, 0.25) is 0 Å². The Hall–Kier alpha value is -0.650. The van der Waals surface area contributed by atoms with E-state index in [4.69, 9.17) is 9.47 Å². The molecule has 2 atom stereocenters. The number of nitrogens with zero attached hydrogens (tertiary/aromatic N) is 1. The first kappa shape index (κ1) is 61.6. The zero-order valence-electron chi connectivity index (χ0n) is 38.2. The summed E-state index contributed by atoms with van der Waals surface area (Å²) >= 11 is 0. The Morgan fingerprint density at radius 3 is 1.02 bits per heavy atom. The third-order valence-corrected chi connectivity index (χ3v) is 10.7. The second kappa shape index (κ2) is 45.9. The maximum atomic E-state index is 13.4. The van der Waals surface area contributed by atoms with Crippen molar-refractivity contribution in [3.63, 3.8) is 0 Å². The minimum Gasteiger partial charge on any atom is -0.550 e. The SMILES string of the molecule is CCCCCCCCCCN(CCCCCCCCCC)C(=O)CCCCCCCC(OC(=O)CCC(=O)[O-])C(CCCCCCCC)OC(=O)CCC(=O)[O-].[Na+].[Na+]. The quantitative estimate of drug-likeness (QED) is 0.0511. The zero-order valence-corrected chi connectivity index (χ0v) is 42.2. The number of carboxylic acid groups (broad SMARTS) is 2. The first-order valence-corrected chi connectivity index (χ1v) is 23.2. The number of esters is 2. The summed E-state index contributed by atoms with van der Waals surface area (Å²) in [7, 11) is 0. The van der Waals surface area contributed by atoms with Gasteiger partial charge in [0.1, 0.15) is 12.2 Å². The molecule has 2 unspecified atom stereocenters. The van der Waals surface area contributed by atoms with Crippen LogP contribution in [0.1, 0.15) is 239 Å². The monoisotopic (exact) mass is 840 g/mol. The van der Waals surface area contributed by atoms with Crippen molar-refractivity contribution in [1.29, 1.82) is 0 Å². The third kappa shape index (κ3) is 40.7. The molecule has 0 aliphatic carbocycles. The summed E-state index contributed by atoms with van der Waals surface area (Å²) in [5, 5.41) is 21.9. The Labute approximate surface area is 398 Å². The summed E-state index contributed by atoms with van der Waals surface area (Å²) in [4.78, 5) is 62.6. The molecular weight excluding hydrogens is 756 g/mol. The second-order valence-corrected chi connectivity index (χ2v) is 16.0. The molecule has 1 amide bonds. The fourth-order valence-corrected chi connectivity index (χ4v) is 7.18. The number of amides is 1. The van der Waals surface area contributed by atoms with Crippen LogP contribution in [0.15, 0.2) is 0 Å². The Bertz CT molecular complexity index is 980. The summed E-state index contributed by atoms with van der Waals surface area (Å²) in [6, 6.07) is 0. The van der Waals surface area contributed by atoms with E-state index < -0.39 is 48.9 Å². The van der Waals surface area contributed by atoms with Crippen LogP contribution in [-0.4, -0.2) is 60.0 Å². The van der Waals surface area contributed by atoms with Gasteiger partial charge in [-0.3, -0.25) is 14.4 Å². The molecule has 0 radical (unpaired) electrons. The molecule has 0 aromatic heterocycles. The van der Waals surface area contributed by atoms with Gasteiger partial charge >= 0.3 is 71.1 Å². The van der Waals surface area contributed by atoms with Crippen molar-refractivity contribution in [2.75, 3.05) is 13.1 Å². The Kier molecular flexibility index (Phi) is 48.8. The number of aliphatic carboxylic acids is 2. The van der Waals surface area contributed by atoms with Crippen LogP contribution < -0.4 is 69.3 Å². The van der Waals surface area contributed by atoms with E-state index in [1.54, 1.807) is 0 Å². The largest absolute Gasteiger partial charge is 1.00 e. The van der Waals surface area contributed by atoms with Crippen LogP contribution in [0.4, 0.5) is 0 Å². The van der Waals surface area contributed by atoms with Gasteiger partial charge in [0, 0.05) is 31.4 Å². The molecule has 0 N–H and O–H groups in total. The normalized spacial score (nSPS) is 11.8. The van der Waals surface area contributed by atoms with Gasteiger partial charge in [-0.05, 0) is 57.8 Å². The molecule has 328 valence electrons. The number of hydrogen-bond acceptors (Lipinski definition) is 9. The van der Waals surface area contributed by atoms with Crippen molar-refractivity contribution in [1.82, 2.24) is 4.90 Å². The van der Waals surface area contributed by atoms with E-state index in [-0.39, 0.29) is 77.9 Å². The molecule has 0 rings (SSSR count). The molecular formula is C46H83NNa2O9. The van der Waals surface area contributed by atoms with E-state index in [9.17, 15) is 34.2 Å². The van der Waals surface area contributed by atoms with Crippen LogP contribution >= 0.6 is 0 Å². The molecule has 0 aliphatic heterocycles. The maximum Gasteiger partial charge on any atom is 1.00 e. The first-order valence-electron chi connectivity index (χ1n) is 23.2. The zero-order chi connectivity index (χ0) is 41.5. The Morgan fingerprint density at radius 1 is 0.397 bits per heavy atom. The van der Waals surface area contributed by atoms with Gasteiger partial charge in [-0.2, -0.15) is 0 Å². The minimum absolute atomic E-state index is 0. The number of carbonyl (C=O) groups excluding carboxylic acids is 5. The third-order valence-electron chi connectivity index (χ3n) is 10.7. The van der Waals surface area contributed by atoms with Crippen molar-refractivity contribution in [3.8, 4) is 0 Å². The molecule has 10 nitrogen and oxygen atoms in total. The molecule has 12 heteroatoms. The second-order valence-electron chi connectivity index (χ2n) is 16.0. The summed E-state index contributed by atoms with van der Waals surface area (Å²) in [6.07, 6.45) is 28.5. The van der Waals surface area contributed by atoms with Gasteiger partial charge < -0.3 is 34.2 Å². The van der Waals surface area contributed by atoms with E-state index in [0.29, 0.717) is 25.7 Å². The molecule has 0 aliphatic rings. The Morgan fingerprint density at radius 2 is 0.690 bits per heavy atom. The summed E-state index contributed by atoms with van der Waals surface area (Å²) < 4.78 is 11.4. The van der Waals surface area contributed by atoms with Crippen molar-refractivity contribution in [2.45, 2.75) is 251 Å². The number of ether oxygens (including phenoxy) is 2. The molecule has 0 bridgehead atoms. The topological polar surface area (TPSA) is 153 Å². The number of carbonyl (C=O) groups is 5. The van der Waals surface area contributed by atoms with Gasteiger partial charge in [0.05, 0.1) is 12.8 Å². The molecule has 0 aromatic rings. The van der Waals surface area contributed by atoms with E-state index in [2.05, 4.69) is 25.7 Å². The summed E-state index contributed by atoms with van der Waals surface area (Å²) in [6.45, 7) is 8.34. The predicted octanol–water partition coefficient (Wildman–Crippen LogP) is 3.47. The van der Waals surface area contributed by atoms with Crippen molar-refractivity contribution in [2.24, 2.45) is 0 Å². The average Bonchev–Trinajstić information content (AvgIpc) is 3.17. The van der Waals surface area contributed by atoms with Gasteiger partial charge in [0.15, 0.2) is 0 Å². The number of hydrogen-bond donors (Lipinski definition) is 0. The molecule has 0 aromatic carbocycles. The van der Waals surface area contributed by atoms with Crippen molar-refractivity contribution >= 4 is 29.8 Å². The van der Waals surface area contributed by atoms with Gasteiger partial charge in [-0.25, -0.2) is 0 Å². The number of unbranched alkanes of at least 4 members (excludes halogenated alkanes) is 23. The minimum atomic E-state index is -1.35. The van der Waals surface area contributed by atoms with Crippen LogP contribution in [0.5, 0.6) is 0 Å². The first-order chi connectivity index (χ1) is 27.1. The van der Waals surface area contributed by atoms with Crippen LogP contribution in [0.25, 0.3) is 0 Å². The van der Waals surface area contributed by atoms with Gasteiger partial charge in [0.2, 0.25) is 5.91 Å². The molecule has 58 heavy (non-hydrogen) atoms. The predicted molar refractivity (Wildman–Crippen MR) is 220 cm³/mol. The standard InChI is InChI=1S/C46H85NO9.2Na/c1-4-7-10-13-16-18-24-29-38-47(39-30-25-19-17-14-11-8-5-2)42(48)33-28-23-20-22-27-32-41(56-46(54)37-35-44(51)52)40(31-26-21-15-12-9-6-3)55-45(53)36-34-43(49)50;;/h40-41H,4-39H2,1-3H3,(H,49,50)(H,51,52);;/q;2*+1/p-2. The van der Waals surface area contributed by atoms with E-state index in [0.717, 1.165) is 90.1 Å². The average molecular weight is 840 g/mol. The van der Waals surface area contributed by atoms with Crippen molar-refractivity contribution < 1.29 is 103 Å². The maximum absolute atomic E-state index is 13.4. The van der Waals surface area contributed by atoms with Crippen LogP contribution in [-0.2, 0) is 33.4 Å². The van der Waals surface area contributed by atoms with E-state index in [1.807, 2.05) is 0 Å². The van der Waals surface area contributed by atoms with Gasteiger partial charge in [-0.15, -0.1) is 0 Å². The van der Waals surface area contributed by atoms with E-state index >= 15 is 0 Å². The van der Waals surface area contributed by atoms with Crippen LogP contribution in [0.3, 0.4) is 0 Å². The van der Waals surface area contributed by atoms with Gasteiger partial charge in [0.25, 0.3) is 0 Å². The molecule has 0 spiro atoms. The number of rotatable bonds is 42. The number of carboxylic acids is 2. The van der Waals surface area contributed by atoms with Gasteiger partial charge in [-0.1, -0.05) is 162 Å². The molecule has 0 fully saturated rings. The smallest absolute Gasteiger partial charge is 0.550 e.